The minimum atomic E-state index is -1.47. The predicted octanol–water partition coefficient (Wildman–Crippen LogP) is 0.483. The normalized spacial score (nSPS) is 10.6. The largest absolute Gasteiger partial charge is 0.476 e. The quantitative estimate of drug-likeness (QED) is 0.609. The van der Waals surface area contributed by atoms with Crippen LogP contribution in [0.1, 0.15) is 29.2 Å². The minimum Gasteiger partial charge on any atom is -0.476 e. The van der Waals surface area contributed by atoms with Crippen LogP contribution in [-0.4, -0.2) is 36.0 Å². The highest BCUT2D eigenvalue weighted by atomic mass is 16.6. The fourth-order valence-corrected chi connectivity index (χ4v) is 1.41. The van der Waals surface area contributed by atoms with Crippen LogP contribution in [0.3, 0.4) is 0 Å². The van der Waals surface area contributed by atoms with Gasteiger partial charge >= 0.3 is 11.7 Å². The van der Waals surface area contributed by atoms with Crippen LogP contribution < -0.4 is 0 Å². The van der Waals surface area contributed by atoms with Crippen molar-refractivity contribution >= 4 is 11.7 Å². The Hall–Kier alpha value is -2.78. The lowest BCUT2D eigenvalue weighted by Gasteiger charge is -1.93. The number of carboxylic acid groups (broad SMARTS) is 1. The van der Waals surface area contributed by atoms with Crippen LogP contribution in [0.2, 0.25) is 0 Å². The van der Waals surface area contributed by atoms with Crippen LogP contribution in [0.25, 0.3) is 0 Å². The van der Waals surface area contributed by atoms with E-state index in [1.807, 2.05) is 6.92 Å². The van der Waals surface area contributed by atoms with Gasteiger partial charge in [0.25, 0.3) is 0 Å². The van der Waals surface area contributed by atoms with Crippen molar-refractivity contribution in [1.82, 2.24) is 20.0 Å². The van der Waals surface area contributed by atoms with Crippen molar-refractivity contribution in [2.75, 3.05) is 0 Å². The number of hydrogen-bond donors (Lipinski definition) is 1. The lowest BCUT2D eigenvalue weighted by Crippen LogP contribution is -2.04. The van der Waals surface area contributed by atoms with Crippen LogP contribution >= 0.6 is 0 Å². The van der Waals surface area contributed by atoms with Crippen LogP contribution in [0, 0.1) is 10.1 Å². The van der Waals surface area contributed by atoms with Crippen molar-refractivity contribution in [3.05, 3.63) is 33.8 Å². The summed E-state index contributed by atoms with van der Waals surface area (Å²) in [5.74, 6) is -0.841. The first-order valence-electron chi connectivity index (χ1n) is 5.27. The van der Waals surface area contributed by atoms with Gasteiger partial charge < -0.3 is 9.52 Å². The van der Waals surface area contributed by atoms with E-state index in [9.17, 15) is 14.9 Å². The highest BCUT2D eigenvalue weighted by molar-refractivity contribution is 5.89. The van der Waals surface area contributed by atoms with Gasteiger partial charge in [-0.25, -0.2) is 4.79 Å². The number of carbonyl (C=O) groups is 1. The summed E-state index contributed by atoms with van der Waals surface area (Å²) in [5.41, 5.74) is -1.21. The molecule has 0 bridgehead atoms. The molecular weight excluding hydrogens is 258 g/mol. The zero-order valence-electron chi connectivity index (χ0n) is 9.81. The molecule has 0 aliphatic rings. The van der Waals surface area contributed by atoms with Crippen molar-refractivity contribution in [3.8, 4) is 0 Å². The summed E-state index contributed by atoms with van der Waals surface area (Å²) in [6.45, 7) is 1.81. The second-order valence-electron chi connectivity index (χ2n) is 3.57. The van der Waals surface area contributed by atoms with Gasteiger partial charge in [0.2, 0.25) is 17.5 Å². The Balaban J connectivity index is 2.28. The Morgan fingerprint density at radius 2 is 2.21 bits per heavy atom. The van der Waals surface area contributed by atoms with Crippen molar-refractivity contribution in [1.29, 1.82) is 0 Å². The highest BCUT2D eigenvalue weighted by Crippen LogP contribution is 2.17. The molecule has 2 aromatic rings. The maximum absolute atomic E-state index is 10.8. The molecule has 10 heteroatoms. The number of nitrogens with zero attached hydrogens (tertiary/aromatic N) is 5. The van der Waals surface area contributed by atoms with E-state index in [1.54, 1.807) is 0 Å². The van der Waals surface area contributed by atoms with Gasteiger partial charge in [0.05, 0.1) is 4.92 Å². The zero-order chi connectivity index (χ0) is 14.0. The topological polar surface area (TPSA) is 137 Å². The number of rotatable bonds is 5. The molecule has 0 saturated heterocycles. The molecule has 0 unspecified atom stereocenters. The van der Waals surface area contributed by atoms with Crippen LogP contribution in [0.15, 0.2) is 10.6 Å². The lowest BCUT2D eigenvalue weighted by atomic mass is 10.4. The maximum Gasteiger partial charge on any atom is 0.363 e. The first-order valence-corrected chi connectivity index (χ1v) is 5.27. The standard InChI is InChI=1S/C9H9N5O5/c1-2-6-10-11-7(19-6)4-13-3-5(14(17)18)8(12-13)9(15)16/h3H,2,4H2,1H3,(H,15,16). The summed E-state index contributed by atoms with van der Waals surface area (Å²) in [7, 11) is 0. The molecule has 0 saturated carbocycles. The molecule has 2 aromatic heterocycles. The number of aromatic nitrogens is 4. The van der Waals surface area contributed by atoms with Crippen molar-refractivity contribution < 1.29 is 19.2 Å². The molecule has 0 spiro atoms. The first-order chi connectivity index (χ1) is 9.01. The third-order valence-corrected chi connectivity index (χ3v) is 2.25. The summed E-state index contributed by atoms with van der Waals surface area (Å²) in [5, 5.41) is 30.5. The molecule has 0 radical (unpaired) electrons. The summed E-state index contributed by atoms with van der Waals surface area (Å²) in [4.78, 5) is 20.7. The fourth-order valence-electron chi connectivity index (χ4n) is 1.41. The molecule has 10 nitrogen and oxygen atoms in total. The summed E-state index contributed by atoms with van der Waals surface area (Å²) in [6, 6.07) is 0. The number of aromatic carboxylic acids is 1. The van der Waals surface area contributed by atoms with Crippen molar-refractivity contribution in [3.63, 3.8) is 0 Å². The molecule has 19 heavy (non-hydrogen) atoms. The highest BCUT2D eigenvalue weighted by Gasteiger charge is 2.25. The summed E-state index contributed by atoms with van der Waals surface area (Å²) >= 11 is 0. The van der Waals surface area contributed by atoms with E-state index in [0.717, 1.165) is 10.9 Å². The average molecular weight is 267 g/mol. The van der Waals surface area contributed by atoms with Gasteiger partial charge in [-0.3, -0.25) is 14.8 Å². The molecule has 0 amide bonds. The van der Waals surface area contributed by atoms with Gasteiger partial charge in [0.1, 0.15) is 12.7 Å². The first kappa shape index (κ1) is 12.7. The number of carboxylic acids is 1. The average Bonchev–Trinajstić information content (AvgIpc) is 2.96. The molecule has 1 N–H and O–H groups in total. The third kappa shape index (κ3) is 2.56. The maximum atomic E-state index is 10.8. The predicted molar refractivity (Wildman–Crippen MR) is 58.6 cm³/mol. The van der Waals surface area contributed by atoms with E-state index < -0.39 is 22.3 Å². The monoisotopic (exact) mass is 267 g/mol. The number of aryl methyl sites for hydroxylation is 1. The molecule has 0 aromatic carbocycles. The second kappa shape index (κ2) is 4.84. The molecule has 2 rings (SSSR count). The molecular formula is C9H9N5O5. The van der Waals surface area contributed by atoms with Gasteiger partial charge in [0.15, 0.2) is 0 Å². The third-order valence-electron chi connectivity index (χ3n) is 2.25. The fraction of sp³-hybridized carbons (Fsp3) is 0.333. The van der Waals surface area contributed by atoms with E-state index in [2.05, 4.69) is 15.3 Å². The van der Waals surface area contributed by atoms with Crippen molar-refractivity contribution in [2.45, 2.75) is 19.9 Å². The number of hydrogen-bond acceptors (Lipinski definition) is 7. The Bertz CT molecular complexity index is 599. The Kier molecular flexibility index (Phi) is 3.23. The lowest BCUT2D eigenvalue weighted by molar-refractivity contribution is -0.385. The Morgan fingerprint density at radius 3 is 2.68 bits per heavy atom. The SMILES string of the molecule is CCc1nnc(Cn2cc([N+](=O)[O-])c(C(=O)O)n2)o1. The second-order valence-corrected chi connectivity index (χ2v) is 3.57. The van der Waals surface area contributed by atoms with E-state index in [-0.39, 0.29) is 12.4 Å². The smallest absolute Gasteiger partial charge is 0.363 e. The van der Waals surface area contributed by atoms with Crippen LogP contribution in [0.4, 0.5) is 5.69 Å². The molecule has 2 heterocycles. The van der Waals surface area contributed by atoms with Gasteiger partial charge in [-0.15, -0.1) is 10.2 Å². The van der Waals surface area contributed by atoms with Crippen LogP contribution in [-0.2, 0) is 13.0 Å². The molecule has 0 aliphatic heterocycles. The zero-order valence-corrected chi connectivity index (χ0v) is 9.81. The van der Waals surface area contributed by atoms with Gasteiger partial charge in [0, 0.05) is 6.42 Å². The molecule has 0 fully saturated rings. The van der Waals surface area contributed by atoms with Gasteiger partial charge in [-0.1, -0.05) is 6.92 Å². The molecule has 100 valence electrons. The minimum absolute atomic E-state index is 0.0267. The van der Waals surface area contributed by atoms with Crippen molar-refractivity contribution in [2.24, 2.45) is 0 Å². The molecule has 0 atom stereocenters. The van der Waals surface area contributed by atoms with E-state index >= 15 is 0 Å². The summed E-state index contributed by atoms with van der Waals surface area (Å²) in [6.07, 6.45) is 1.58. The number of nitro groups is 1. The van der Waals surface area contributed by atoms with Gasteiger partial charge in [-0.05, 0) is 0 Å². The summed E-state index contributed by atoms with van der Waals surface area (Å²) < 4.78 is 6.28. The van der Waals surface area contributed by atoms with E-state index in [4.69, 9.17) is 9.52 Å². The van der Waals surface area contributed by atoms with Crippen LogP contribution in [0.5, 0.6) is 0 Å². The van der Waals surface area contributed by atoms with Gasteiger partial charge in [-0.2, -0.15) is 5.10 Å². The Labute approximate surface area is 105 Å². The van der Waals surface area contributed by atoms with E-state index in [1.165, 1.54) is 0 Å². The molecule has 0 aliphatic carbocycles. The van der Waals surface area contributed by atoms with E-state index in [0.29, 0.717) is 12.3 Å². The Morgan fingerprint density at radius 1 is 1.53 bits per heavy atom.